The molecule has 1 aliphatic heterocycles. The van der Waals surface area contributed by atoms with Crippen molar-refractivity contribution in [3.05, 3.63) is 28.5 Å². The van der Waals surface area contributed by atoms with E-state index in [2.05, 4.69) is 20.9 Å². The monoisotopic (exact) mass is 271 g/mol. The maximum Gasteiger partial charge on any atom is 0.169 e. The fourth-order valence-corrected chi connectivity index (χ4v) is 1.72. The highest BCUT2D eigenvalue weighted by Crippen LogP contribution is 2.15. The highest BCUT2D eigenvalue weighted by atomic mass is 79.9. The first-order chi connectivity index (χ1) is 7.25. The zero-order valence-electron chi connectivity index (χ0n) is 7.98. The number of pyridine rings is 1. The van der Waals surface area contributed by atoms with E-state index in [0.29, 0.717) is 18.8 Å². The summed E-state index contributed by atoms with van der Waals surface area (Å²) >= 11 is 3.27. The van der Waals surface area contributed by atoms with Gasteiger partial charge in [-0.2, -0.15) is 0 Å². The van der Waals surface area contributed by atoms with Crippen LogP contribution in [0, 0.1) is 0 Å². The van der Waals surface area contributed by atoms with Crippen molar-refractivity contribution in [3.63, 3.8) is 0 Å². The first kappa shape index (κ1) is 10.7. The van der Waals surface area contributed by atoms with Crippen LogP contribution in [0.5, 0.6) is 0 Å². The molecule has 0 unspecified atom stereocenters. The zero-order chi connectivity index (χ0) is 10.7. The smallest absolute Gasteiger partial charge is 0.169 e. The van der Waals surface area contributed by atoms with E-state index in [1.54, 1.807) is 18.5 Å². The quantitative estimate of drug-likeness (QED) is 0.787. The molecule has 1 saturated heterocycles. The predicted molar refractivity (Wildman–Crippen MR) is 56.6 cm³/mol. The summed E-state index contributed by atoms with van der Waals surface area (Å²) in [4.78, 5) is 15.7. The Kier molecular flexibility index (Phi) is 3.45. The van der Waals surface area contributed by atoms with Gasteiger partial charge >= 0.3 is 0 Å². The van der Waals surface area contributed by atoms with Crippen molar-refractivity contribution in [2.24, 2.45) is 0 Å². The average molecular weight is 272 g/mol. The standard InChI is InChI=1S/C10H10BrNO3/c11-8-3-7(5-12-6-8)9(13)4-10-14-1-2-15-10/h3,5-6,10H,1-2,4H2. The molecule has 0 amide bonds. The number of carbonyl (C=O) groups excluding carboxylic acids is 1. The Bertz CT molecular complexity index is 363. The van der Waals surface area contributed by atoms with Crippen molar-refractivity contribution in [2.75, 3.05) is 13.2 Å². The van der Waals surface area contributed by atoms with Gasteiger partial charge in [-0.1, -0.05) is 0 Å². The van der Waals surface area contributed by atoms with Gasteiger partial charge in [0.2, 0.25) is 0 Å². The molecule has 80 valence electrons. The van der Waals surface area contributed by atoms with Gasteiger partial charge < -0.3 is 9.47 Å². The average Bonchev–Trinajstić information content (AvgIpc) is 2.70. The molecule has 1 fully saturated rings. The molecule has 2 rings (SSSR count). The van der Waals surface area contributed by atoms with Crippen molar-refractivity contribution in [3.8, 4) is 0 Å². The lowest BCUT2D eigenvalue weighted by Gasteiger charge is -2.07. The summed E-state index contributed by atoms with van der Waals surface area (Å²) in [6, 6.07) is 1.74. The first-order valence-electron chi connectivity index (χ1n) is 4.62. The van der Waals surface area contributed by atoms with Gasteiger partial charge in [0.15, 0.2) is 12.1 Å². The summed E-state index contributed by atoms with van der Waals surface area (Å²) in [6.07, 6.45) is 3.04. The lowest BCUT2D eigenvalue weighted by atomic mass is 10.1. The number of ketones is 1. The number of hydrogen-bond donors (Lipinski definition) is 0. The van der Waals surface area contributed by atoms with Crippen LogP contribution < -0.4 is 0 Å². The van der Waals surface area contributed by atoms with Crippen molar-refractivity contribution in [1.29, 1.82) is 0 Å². The van der Waals surface area contributed by atoms with E-state index in [9.17, 15) is 4.79 Å². The van der Waals surface area contributed by atoms with E-state index >= 15 is 0 Å². The molecule has 1 aromatic rings. The Morgan fingerprint density at radius 3 is 2.87 bits per heavy atom. The molecule has 1 aliphatic rings. The number of ether oxygens (including phenoxy) is 2. The topological polar surface area (TPSA) is 48.4 Å². The van der Waals surface area contributed by atoms with Gasteiger partial charge in [0.25, 0.3) is 0 Å². The third-order valence-electron chi connectivity index (χ3n) is 2.07. The van der Waals surface area contributed by atoms with Crippen LogP contribution in [0.3, 0.4) is 0 Å². The van der Waals surface area contributed by atoms with Gasteiger partial charge in [-0.05, 0) is 22.0 Å². The number of nitrogens with zero attached hydrogens (tertiary/aromatic N) is 1. The van der Waals surface area contributed by atoms with Gasteiger partial charge in [-0.25, -0.2) is 0 Å². The molecule has 5 heteroatoms. The summed E-state index contributed by atoms with van der Waals surface area (Å²) in [5, 5.41) is 0. The third kappa shape index (κ3) is 2.84. The van der Waals surface area contributed by atoms with Crippen molar-refractivity contribution >= 4 is 21.7 Å². The van der Waals surface area contributed by atoms with E-state index < -0.39 is 6.29 Å². The second kappa shape index (κ2) is 4.83. The number of aromatic nitrogens is 1. The zero-order valence-corrected chi connectivity index (χ0v) is 9.57. The van der Waals surface area contributed by atoms with E-state index in [1.165, 1.54) is 0 Å². The van der Waals surface area contributed by atoms with E-state index in [0.717, 1.165) is 4.47 Å². The van der Waals surface area contributed by atoms with Crippen LogP contribution in [-0.2, 0) is 9.47 Å². The van der Waals surface area contributed by atoms with Crippen LogP contribution in [0.25, 0.3) is 0 Å². The minimum atomic E-state index is -0.392. The Morgan fingerprint density at radius 2 is 2.20 bits per heavy atom. The maximum atomic E-state index is 11.7. The number of rotatable bonds is 3. The highest BCUT2D eigenvalue weighted by Gasteiger charge is 2.20. The lowest BCUT2D eigenvalue weighted by Crippen LogP contribution is -2.14. The van der Waals surface area contributed by atoms with Crippen molar-refractivity contribution < 1.29 is 14.3 Å². The van der Waals surface area contributed by atoms with Crippen LogP contribution in [-0.4, -0.2) is 30.3 Å². The van der Waals surface area contributed by atoms with Crippen LogP contribution in [0.4, 0.5) is 0 Å². The molecule has 1 aromatic heterocycles. The highest BCUT2D eigenvalue weighted by molar-refractivity contribution is 9.10. The van der Waals surface area contributed by atoms with Crippen molar-refractivity contribution in [2.45, 2.75) is 12.7 Å². The SMILES string of the molecule is O=C(CC1OCCO1)c1cncc(Br)c1. The molecule has 2 heterocycles. The van der Waals surface area contributed by atoms with Gasteiger partial charge in [0, 0.05) is 22.4 Å². The first-order valence-corrected chi connectivity index (χ1v) is 5.42. The van der Waals surface area contributed by atoms with Gasteiger partial charge in [-0.15, -0.1) is 0 Å². The molecular formula is C10H10BrNO3. The summed E-state index contributed by atoms with van der Waals surface area (Å²) in [5.74, 6) is -0.0179. The Hall–Kier alpha value is -0.780. The van der Waals surface area contributed by atoms with E-state index in [-0.39, 0.29) is 12.2 Å². The Labute approximate surface area is 95.7 Å². The molecule has 4 nitrogen and oxygen atoms in total. The molecule has 0 bridgehead atoms. The summed E-state index contributed by atoms with van der Waals surface area (Å²) < 4.78 is 11.2. The van der Waals surface area contributed by atoms with Gasteiger partial charge in [0.05, 0.1) is 19.6 Å². The predicted octanol–water partition coefficient (Wildman–Crippen LogP) is 1.79. The number of hydrogen-bond acceptors (Lipinski definition) is 4. The van der Waals surface area contributed by atoms with E-state index in [4.69, 9.17) is 9.47 Å². The van der Waals surface area contributed by atoms with Gasteiger partial charge in [0.1, 0.15) is 0 Å². The van der Waals surface area contributed by atoms with E-state index in [1.807, 2.05) is 0 Å². The van der Waals surface area contributed by atoms with Crippen LogP contribution >= 0.6 is 15.9 Å². The molecular weight excluding hydrogens is 262 g/mol. The molecule has 0 radical (unpaired) electrons. The number of carbonyl (C=O) groups is 1. The minimum absolute atomic E-state index is 0.0179. The molecule has 0 N–H and O–H groups in total. The fourth-order valence-electron chi connectivity index (χ4n) is 1.36. The lowest BCUT2D eigenvalue weighted by molar-refractivity contribution is -0.0407. The normalized spacial score (nSPS) is 16.9. The summed E-state index contributed by atoms with van der Waals surface area (Å²) in [7, 11) is 0. The van der Waals surface area contributed by atoms with Crippen LogP contribution in [0.1, 0.15) is 16.8 Å². The fraction of sp³-hybridized carbons (Fsp3) is 0.400. The summed E-state index contributed by atoms with van der Waals surface area (Å²) in [6.45, 7) is 1.13. The number of Topliss-reactive ketones (excluding diaryl/α,β-unsaturated/α-hetero) is 1. The molecule has 15 heavy (non-hydrogen) atoms. The molecule has 0 spiro atoms. The second-order valence-electron chi connectivity index (χ2n) is 3.19. The summed E-state index contributed by atoms with van der Waals surface area (Å²) in [5.41, 5.74) is 0.573. The molecule has 0 atom stereocenters. The van der Waals surface area contributed by atoms with Crippen LogP contribution in [0.15, 0.2) is 22.9 Å². The largest absolute Gasteiger partial charge is 0.350 e. The second-order valence-corrected chi connectivity index (χ2v) is 4.11. The molecule has 0 saturated carbocycles. The third-order valence-corrected chi connectivity index (χ3v) is 2.50. The van der Waals surface area contributed by atoms with Crippen molar-refractivity contribution in [1.82, 2.24) is 4.98 Å². The van der Waals surface area contributed by atoms with Crippen LogP contribution in [0.2, 0.25) is 0 Å². The van der Waals surface area contributed by atoms with Gasteiger partial charge in [-0.3, -0.25) is 9.78 Å². The molecule has 0 aromatic carbocycles. The minimum Gasteiger partial charge on any atom is -0.350 e. The Morgan fingerprint density at radius 1 is 1.47 bits per heavy atom. The molecule has 0 aliphatic carbocycles. The maximum absolute atomic E-state index is 11.7. The Balaban J connectivity index is 2.01. The number of halogens is 1.